The predicted molar refractivity (Wildman–Crippen MR) is 82.1 cm³/mol. The second-order valence-electron chi connectivity index (χ2n) is 7.07. The number of benzene rings is 1. The maximum atomic E-state index is 12.4. The van der Waals surface area contributed by atoms with Gasteiger partial charge in [0, 0.05) is 18.3 Å². The Bertz CT molecular complexity index is 497. The first-order valence-electron chi connectivity index (χ1n) is 7.63. The van der Waals surface area contributed by atoms with E-state index in [1.807, 2.05) is 4.90 Å². The van der Waals surface area contributed by atoms with Gasteiger partial charge in [-0.25, -0.2) is 0 Å². The van der Waals surface area contributed by atoms with E-state index in [4.69, 9.17) is 0 Å². The van der Waals surface area contributed by atoms with Crippen LogP contribution in [0.3, 0.4) is 0 Å². The first kappa shape index (κ1) is 13.6. The number of hydrogen-bond acceptors (Lipinski definition) is 2. The lowest BCUT2D eigenvalue weighted by Crippen LogP contribution is -2.39. The van der Waals surface area contributed by atoms with Gasteiger partial charge in [0.05, 0.1) is 6.04 Å². The summed E-state index contributed by atoms with van der Waals surface area (Å²) in [6, 6.07) is 9.07. The lowest BCUT2D eigenvalue weighted by atomic mass is 9.87. The summed E-state index contributed by atoms with van der Waals surface area (Å²) >= 11 is 0. The van der Waals surface area contributed by atoms with E-state index in [1.54, 1.807) is 0 Å². The quantitative estimate of drug-likeness (QED) is 0.917. The van der Waals surface area contributed by atoms with E-state index in [0.717, 1.165) is 18.7 Å². The third-order valence-corrected chi connectivity index (χ3v) is 4.26. The smallest absolute Gasteiger partial charge is 0.244 e. The van der Waals surface area contributed by atoms with Crippen molar-refractivity contribution in [2.45, 2.75) is 57.5 Å². The molecule has 1 N–H and O–H groups in total. The molecule has 2 aliphatic rings. The molecular weight excluding hydrogens is 248 g/mol. The standard InChI is InChI=1S/C17H24N2O/c1-17(2,3)12-4-8-14(9-5-12)19-11-10-15(16(19)20)18-13-6-7-13/h4-5,8-9,13,15,18H,6-7,10-11H2,1-3H3. The van der Waals surface area contributed by atoms with Crippen LogP contribution in [0.4, 0.5) is 5.69 Å². The van der Waals surface area contributed by atoms with Crippen LogP contribution in [-0.4, -0.2) is 24.5 Å². The van der Waals surface area contributed by atoms with Crippen LogP contribution in [0.25, 0.3) is 0 Å². The summed E-state index contributed by atoms with van der Waals surface area (Å²) in [5.74, 6) is 0.236. The van der Waals surface area contributed by atoms with Gasteiger partial charge in [0.1, 0.15) is 0 Å². The van der Waals surface area contributed by atoms with Crippen LogP contribution in [0.15, 0.2) is 24.3 Å². The van der Waals surface area contributed by atoms with Crippen molar-refractivity contribution < 1.29 is 4.79 Å². The zero-order chi connectivity index (χ0) is 14.3. The number of nitrogens with zero attached hydrogens (tertiary/aromatic N) is 1. The van der Waals surface area contributed by atoms with Gasteiger partial charge in [-0.15, -0.1) is 0 Å². The molecule has 0 spiro atoms. The summed E-state index contributed by atoms with van der Waals surface area (Å²) in [4.78, 5) is 14.3. The van der Waals surface area contributed by atoms with E-state index in [9.17, 15) is 4.79 Å². The number of carbonyl (C=O) groups excluding carboxylic acids is 1. The molecule has 0 radical (unpaired) electrons. The minimum absolute atomic E-state index is 0.0322. The molecular formula is C17H24N2O. The van der Waals surface area contributed by atoms with Gasteiger partial charge < -0.3 is 10.2 Å². The van der Waals surface area contributed by atoms with E-state index in [-0.39, 0.29) is 17.4 Å². The topological polar surface area (TPSA) is 32.3 Å². The van der Waals surface area contributed by atoms with Crippen LogP contribution in [0.2, 0.25) is 0 Å². The average molecular weight is 272 g/mol. The Kier molecular flexibility index (Phi) is 3.33. The molecule has 3 nitrogen and oxygen atoms in total. The highest BCUT2D eigenvalue weighted by Crippen LogP contribution is 2.28. The molecule has 1 aromatic carbocycles. The lowest BCUT2D eigenvalue weighted by molar-refractivity contribution is -0.118. The SMILES string of the molecule is CC(C)(C)c1ccc(N2CCC(NC3CC3)C2=O)cc1. The lowest BCUT2D eigenvalue weighted by Gasteiger charge is -2.22. The summed E-state index contributed by atoms with van der Waals surface area (Å²) in [7, 11) is 0. The maximum absolute atomic E-state index is 12.4. The van der Waals surface area contributed by atoms with Gasteiger partial charge in [-0.2, -0.15) is 0 Å². The van der Waals surface area contributed by atoms with Crippen LogP contribution in [0.5, 0.6) is 0 Å². The molecule has 20 heavy (non-hydrogen) atoms. The van der Waals surface area contributed by atoms with Gasteiger partial charge in [0.15, 0.2) is 0 Å². The van der Waals surface area contributed by atoms with Crippen molar-refractivity contribution in [2.24, 2.45) is 0 Å². The number of anilines is 1. The number of rotatable bonds is 3. The highest BCUT2D eigenvalue weighted by atomic mass is 16.2. The highest BCUT2D eigenvalue weighted by Gasteiger charge is 2.36. The largest absolute Gasteiger partial charge is 0.311 e. The fraction of sp³-hybridized carbons (Fsp3) is 0.588. The molecule has 108 valence electrons. The summed E-state index contributed by atoms with van der Waals surface area (Å²) in [5, 5.41) is 3.45. The molecule has 1 aliphatic heterocycles. The Balaban J connectivity index is 1.71. The van der Waals surface area contributed by atoms with Gasteiger partial charge >= 0.3 is 0 Å². The molecule has 1 amide bonds. The average Bonchev–Trinajstić information content (AvgIpc) is 3.14. The zero-order valence-corrected chi connectivity index (χ0v) is 12.6. The molecule has 1 atom stereocenters. The molecule has 2 fully saturated rings. The number of amides is 1. The van der Waals surface area contributed by atoms with Crippen LogP contribution in [0.1, 0.15) is 45.6 Å². The van der Waals surface area contributed by atoms with Crippen molar-refractivity contribution >= 4 is 11.6 Å². The van der Waals surface area contributed by atoms with Gasteiger partial charge in [-0.1, -0.05) is 32.9 Å². The number of carbonyl (C=O) groups is 1. The van der Waals surface area contributed by atoms with E-state index in [1.165, 1.54) is 18.4 Å². The molecule has 0 aromatic heterocycles. The van der Waals surface area contributed by atoms with E-state index < -0.39 is 0 Å². The van der Waals surface area contributed by atoms with E-state index in [2.05, 4.69) is 50.4 Å². The second kappa shape index (κ2) is 4.88. The van der Waals surface area contributed by atoms with Crippen molar-refractivity contribution in [3.8, 4) is 0 Å². The van der Waals surface area contributed by atoms with Crippen LogP contribution in [-0.2, 0) is 10.2 Å². The summed E-state index contributed by atoms with van der Waals surface area (Å²) in [6.07, 6.45) is 3.38. The Hall–Kier alpha value is -1.35. The molecule has 0 bridgehead atoms. The highest BCUT2D eigenvalue weighted by molar-refractivity contribution is 5.99. The Morgan fingerprint density at radius 1 is 1.10 bits per heavy atom. The fourth-order valence-electron chi connectivity index (χ4n) is 2.77. The van der Waals surface area contributed by atoms with Crippen molar-refractivity contribution in [3.05, 3.63) is 29.8 Å². The monoisotopic (exact) mass is 272 g/mol. The van der Waals surface area contributed by atoms with Crippen molar-refractivity contribution in [1.82, 2.24) is 5.32 Å². The molecule has 1 heterocycles. The van der Waals surface area contributed by atoms with Crippen LogP contribution in [0, 0.1) is 0 Å². The fourth-order valence-corrected chi connectivity index (χ4v) is 2.77. The Morgan fingerprint density at radius 2 is 1.75 bits per heavy atom. The molecule has 3 heteroatoms. The first-order chi connectivity index (χ1) is 9.45. The van der Waals surface area contributed by atoms with Gasteiger partial charge in [-0.05, 0) is 42.4 Å². The van der Waals surface area contributed by atoms with Crippen LogP contribution < -0.4 is 10.2 Å². The third-order valence-electron chi connectivity index (χ3n) is 4.26. The van der Waals surface area contributed by atoms with E-state index in [0.29, 0.717) is 6.04 Å². The van der Waals surface area contributed by atoms with Gasteiger partial charge in [0.2, 0.25) is 5.91 Å². The zero-order valence-electron chi connectivity index (χ0n) is 12.6. The molecule has 1 saturated heterocycles. The molecule has 1 unspecified atom stereocenters. The molecule has 1 saturated carbocycles. The Labute approximate surface area is 121 Å². The van der Waals surface area contributed by atoms with Crippen molar-refractivity contribution in [3.63, 3.8) is 0 Å². The summed E-state index contributed by atoms with van der Waals surface area (Å²) < 4.78 is 0. The summed E-state index contributed by atoms with van der Waals surface area (Å²) in [6.45, 7) is 7.45. The second-order valence-corrected chi connectivity index (χ2v) is 7.07. The predicted octanol–water partition coefficient (Wildman–Crippen LogP) is 2.84. The minimum atomic E-state index is 0.0322. The van der Waals surface area contributed by atoms with Gasteiger partial charge in [-0.3, -0.25) is 4.79 Å². The number of nitrogens with one attached hydrogen (secondary N) is 1. The summed E-state index contributed by atoms with van der Waals surface area (Å²) in [5.41, 5.74) is 2.49. The van der Waals surface area contributed by atoms with Gasteiger partial charge in [0.25, 0.3) is 0 Å². The third kappa shape index (κ3) is 2.73. The molecule has 3 rings (SSSR count). The minimum Gasteiger partial charge on any atom is -0.311 e. The molecule has 1 aliphatic carbocycles. The van der Waals surface area contributed by atoms with E-state index >= 15 is 0 Å². The first-order valence-corrected chi connectivity index (χ1v) is 7.63. The molecule has 1 aromatic rings. The Morgan fingerprint density at radius 3 is 2.30 bits per heavy atom. The van der Waals surface area contributed by atoms with Crippen LogP contribution >= 0.6 is 0 Å². The van der Waals surface area contributed by atoms with Crippen molar-refractivity contribution in [1.29, 1.82) is 0 Å². The number of hydrogen-bond donors (Lipinski definition) is 1. The normalized spacial score (nSPS) is 23.4. The van der Waals surface area contributed by atoms with Crippen molar-refractivity contribution in [2.75, 3.05) is 11.4 Å². The maximum Gasteiger partial charge on any atom is 0.244 e.